The molecule has 1 aliphatic carbocycles. The first-order chi connectivity index (χ1) is 10.2. The number of carbonyl (C=O) groups excluding carboxylic acids is 1. The number of carbonyl (C=O) groups is 1. The predicted molar refractivity (Wildman–Crippen MR) is 84.8 cm³/mol. The van der Waals surface area contributed by atoms with E-state index in [4.69, 9.17) is 5.73 Å². The van der Waals surface area contributed by atoms with Crippen molar-refractivity contribution in [2.24, 2.45) is 11.7 Å². The summed E-state index contributed by atoms with van der Waals surface area (Å²) in [5.41, 5.74) is 7.07. The molecule has 1 amide bonds. The van der Waals surface area contributed by atoms with E-state index in [0.717, 1.165) is 45.2 Å². The van der Waals surface area contributed by atoms with E-state index in [-0.39, 0.29) is 5.91 Å². The highest BCUT2D eigenvalue weighted by atomic mass is 16.2. The summed E-state index contributed by atoms with van der Waals surface area (Å²) in [6, 6.07) is 10.6. The lowest BCUT2D eigenvalue weighted by Gasteiger charge is -2.43. The summed E-state index contributed by atoms with van der Waals surface area (Å²) in [5, 5.41) is 0. The molecule has 1 unspecified atom stereocenters. The molecule has 2 fully saturated rings. The molecule has 3 rings (SSSR count). The van der Waals surface area contributed by atoms with E-state index in [1.165, 1.54) is 18.4 Å². The zero-order valence-corrected chi connectivity index (χ0v) is 12.8. The number of amides is 1. The van der Waals surface area contributed by atoms with Crippen LogP contribution in [0.5, 0.6) is 0 Å². The van der Waals surface area contributed by atoms with Gasteiger partial charge in [-0.3, -0.25) is 4.79 Å². The SMILES string of the molecule is NC1(C(=O)N2CCCC(CCc3ccccc3)C2)CCC1. The van der Waals surface area contributed by atoms with Crippen LogP contribution in [0.2, 0.25) is 0 Å². The molecular formula is C18H26N2O. The van der Waals surface area contributed by atoms with Crippen molar-refractivity contribution in [2.75, 3.05) is 13.1 Å². The number of likely N-dealkylation sites (tertiary alicyclic amines) is 1. The van der Waals surface area contributed by atoms with Gasteiger partial charge in [0.1, 0.15) is 0 Å². The topological polar surface area (TPSA) is 46.3 Å². The molecule has 0 bridgehead atoms. The van der Waals surface area contributed by atoms with Crippen LogP contribution in [-0.2, 0) is 11.2 Å². The van der Waals surface area contributed by atoms with E-state index in [9.17, 15) is 4.79 Å². The molecule has 1 atom stereocenters. The Morgan fingerprint density at radius 2 is 2.00 bits per heavy atom. The summed E-state index contributed by atoms with van der Waals surface area (Å²) in [7, 11) is 0. The molecule has 1 aromatic carbocycles. The van der Waals surface area contributed by atoms with Gasteiger partial charge < -0.3 is 10.6 Å². The fourth-order valence-corrected chi connectivity index (χ4v) is 3.59. The van der Waals surface area contributed by atoms with Crippen molar-refractivity contribution < 1.29 is 4.79 Å². The van der Waals surface area contributed by atoms with Gasteiger partial charge in [-0.15, -0.1) is 0 Å². The van der Waals surface area contributed by atoms with Crippen molar-refractivity contribution in [3.05, 3.63) is 35.9 Å². The summed E-state index contributed by atoms with van der Waals surface area (Å²) in [4.78, 5) is 14.6. The lowest BCUT2D eigenvalue weighted by molar-refractivity contribution is -0.142. The number of aryl methyl sites for hydroxylation is 1. The highest BCUT2D eigenvalue weighted by Gasteiger charge is 2.43. The normalized spacial score (nSPS) is 24.4. The summed E-state index contributed by atoms with van der Waals surface area (Å²) in [6.07, 6.45) is 7.50. The van der Waals surface area contributed by atoms with Gasteiger partial charge in [0.2, 0.25) is 5.91 Å². The van der Waals surface area contributed by atoms with Crippen LogP contribution in [-0.4, -0.2) is 29.4 Å². The minimum Gasteiger partial charge on any atom is -0.341 e. The van der Waals surface area contributed by atoms with Crippen LogP contribution >= 0.6 is 0 Å². The van der Waals surface area contributed by atoms with Gasteiger partial charge in [0.15, 0.2) is 0 Å². The zero-order chi connectivity index (χ0) is 14.7. The number of hydrogen-bond donors (Lipinski definition) is 1. The van der Waals surface area contributed by atoms with E-state index < -0.39 is 5.54 Å². The molecule has 0 radical (unpaired) electrons. The standard InChI is InChI=1S/C18H26N2O/c19-18(11-5-12-18)17(21)20-13-4-8-16(14-20)10-9-15-6-2-1-3-7-15/h1-3,6-7,16H,4-5,8-14,19H2. The first kappa shape index (κ1) is 14.6. The van der Waals surface area contributed by atoms with Gasteiger partial charge in [-0.1, -0.05) is 30.3 Å². The molecule has 3 nitrogen and oxygen atoms in total. The van der Waals surface area contributed by atoms with Crippen LogP contribution in [0.25, 0.3) is 0 Å². The second kappa shape index (κ2) is 6.18. The number of benzene rings is 1. The van der Waals surface area contributed by atoms with E-state index in [0.29, 0.717) is 5.92 Å². The monoisotopic (exact) mass is 286 g/mol. The Morgan fingerprint density at radius 1 is 1.24 bits per heavy atom. The van der Waals surface area contributed by atoms with Crippen molar-refractivity contribution in [3.8, 4) is 0 Å². The summed E-state index contributed by atoms with van der Waals surface area (Å²) < 4.78 is 0. The Hall–Kier alpha value is -1.35. The van der Waals surface area contributed by atoms with Crippen LogP contribution in [0.3, 0.4) is 0 Å². The maximum atomic E-state index is 12.5. The van der Waals surface area contributed by atoms with Crippen molar-refractivity contribution in [3.63, 3.8) is 0 Å². The molecule has 1 saturated heterocycles. The van der Waals surface area contributed by atoms with Gasteiger partial charge in [0.05, 0.1) is 5.54 Å². The third-order valence-electron chi connectivity index (χ3n) is 5.16. The molecule has 0 spiro atoms. The quantitative estimate of drug-likeness (QED) is 0.925. The minimum atomic E-state index is -0.526. The highest BCUT2D eigenvalue weighted by molar-refractivity contribution is 5.87. The van der Waals surface area contributed by atoms with Crippen LogP contribution in [0.4, 0.5) is 0 Å². The maximum absolute atomic E-state index is 12.5. The molecule has 2 aliphatic rings. The number of nitrogens with zero attached hydrogens (tertiary/aromatic N) is 1. The molecular weight excluding hydrogens is 260 g/mol. The first-order valence-electron chi connectivity index (χ1n) is 8.29. The molecule has 21 heavy (non-hydrogen) atoms. The molecule has 3 heteroatoms. The Bertz CT molecular complexity index is 481. The van der Waals surface area contributed by atoms with Gasteiger partial charge in [-0.05, 0) is 56.4 Å². The van der Waals surface area contributed by atoms with Crippen molar-refractivity contribution in [2.45, 2.75) is 50.5 Å². The zero-order valence-electron chi connectivity index (χ0n) is 12.8. The number of piperidine rings is 1. The van der Waals surface area contributed by atoms with Crippen LogP contribution in [0.1, 0.15) is 44.1 Å². The lowest BCUT2D eigenvalue weighted by atomic mass is 9.76. The Morgan fingerprint density at radius 3 is 2.67 bits per heavy atom. The third-order valence-corrected chi connectivity index (χ3v) is 5.16. The van der Waals surface area contributed by atoms with Gasteiger partial charge in [0, 0.05) is 13.1 Å². The third kappa shape index (κ3) is 3.29. The predicted octanol–water partition coefficient (Wildman–Crippen LogP) is 2.74. The lowest BCUT2D eigenvalue weighted by Crippen LogP contribution is -2.60. The molecule has 1 aliphatic heterocycles. The summed E-state index contributed by atoms with van der Waals surface area (Å²) in [6.45, 7) is 1.81. The van der Waals surface area contributed by atoms with Crippen LogP contribution < -0.4 is 5.73 Å². The van der Waals surface area contributed by atoms with Gasteiger partial charge in [-0.2, -0.15) is 0 Å². The largest absolute Gasteiger partial charge is 0.341 e. The molecule has 2 N–H and O–H groups in total. The van der Waals surface area contributed by atoms with Gasteiger partial charge in [-0.25, -0.2) is 0 Å². The number of nitrogens with two attached hydrogens (primary N) is 1. The van der Waals surface area contributed by atoms with Crippen molar-refractivity contribution in [1.82, 2.24) is 4.90 Å². The van der Waals surface area contributed by atoms with Crippen molar-refractivity contribution in [1.29, 1.82) is 0 Å². The molecule has 0 aromatic heterocycles. The Kier molecular flexibility index (Phi) is 4.29. The number of hydrogen-bond acceptors (Lipinski definition) is 2. The minimum absolute atomic E-state index is 0.207. The molecule has 1 aromatic rings. The van der Waals surface area contributed by atoms with E-state index >= 15 is 0 Å². The fraction of sp³-hybridized carbons (Fsp3) is 0.611. The average molecular weight is 286 g/mol. The van der Waals surface area contributed by atoms with Gasteiger partial charge >= 0.3 is 0 Å². The first-order valence-corrected chi connectivity index (χ1v) is 8.29. The highest BCUT2D eigenvalue weighted by Crippen LogP contribution is 2.32. The number of rotatable bonds is 4. The van der Waals surface area contributed by atoms with Crippen LogP contribution in [0, 0.1) is 5.92 Å². The summed E-state index contributed by atoms with van der Waals surface area (Å²) >= 11 is 0. The average Bonchev–Trinajstić information content (AvgIpc) is 2.51. The van der Waals surface area contributed by atoms with Crippen LogP contribution in [0.15, 0.2) is 30.3 Å². The van der Waals surface area contributed by atoms with Crippen molar-refractivity contribution >= 4 is 5.91 Å². The van der Waals surface area contributed by atoms with E-state index in [1.807, 2.05) is 4.90 Å². The smallest absolute Gasteiger partial charge is 0.242 e. The fourth-order valence-electron chi connectivity index (χ4n) is 3.59. The molecule has 1 saturated carbocycles. The van der Waals surface area contributed by atoms with E-state index in [2.05, 4.69) is 30.3 Å². The van der Waals surface area contributed by atoms with Gasteiger partial charge in [0.25, 0.3) is 0 Å². The second-order valence-electron chi connectivity index (χ2n) is 6.79. The second-order valence-corrected chi connectivity index (χ2v) is 6.79. The Balaban J connectivity index is 1.52. The molecule has 1 heterocycles. The Labute approximate surface area is 127 Å². The van der Waals surface area contributed by atoms with E-state index in [1.54, 1.807) is 0 Å². The molecule has 114 valence electrons. The maximum Gasteiger partial charge on any atom is 0.242 e. The summed E-state index contributed by atoms with van der Waals surface area (Å²) in [5.74, 6) is 0.838.